The fraction of sp³-hybridized carbons (Fsp3) is 0.625. The summed E-state index contributed by atoms with van der Waals surface area (Å²) in [6.07, 6.45) is 2.92. The van der Waals surface area contributed by atoms with Crippen molar-refractivity contribution in [2.45, 2.75) is 44.0 Å². The van der Waals surface area contributed by atoms with Gasteiger partial charge in [-0.3, -0.25) is 0 Å². The molecule has 0 bridgehead atoms. The van der Waals surface area contributed by atoms with Gasteiger partial charge in [-0.2, -0.15) is 0 Å². The minimum absolute atomic E-state index is 0.00759. The molecule has 0 amide bonds. The Hall–Kier alpha value is -0.980. The largest absolute Gasteiger partial charge is 0.302 e. The zero-order valence-corrected chi connectivity index (χ0v) is 14.1. The van der Waals surface area contributed by atoms with E-state index in [-0.39, 0.29) is 10.9 Å². The topological polar surface area (TPSA) is 49.4 Å². The first-order valence-electron chi connectivity index (χ1n) is 7.87. The van der Waals surface area contributed by atoms with E-state index in [0.717, 1.165) is 45.0 Å². The second-order valence-corrected chi connectivity index (χ2v) is 8.11. The van der Waals surface area contributed by atoms with Crippen molar-refractivity contribution in [1.82, 2.24) is 9.62 Å². The van der Waals surface area contributed by atoms with Crippen molar-refractivity contribution < 1.29 is 12.8 Å². The Kier molecular flexibility index (Phi) is 5.94. The van der Waals surface area contributed by atoms with Crippen LogP contribution in [0.25, 0.3) is 0 Å². The van der Waals surface area contributed by atoms with Gasteiger partial charge in [-0.25, -0.2) is 17.5 Å². The van der Waals surface area contributed by atoms with E-state index in [2.05, 4.69) is 23.5 Å². The van der Waals surface area contributed by atoms with Crippen LogP contribution in [0.5, 0.6) is 0 Å². The van der Waals surface area contributed by atoms with Crippen molar-refractivity contribution in [2.75, 3.05) is 19.6 Å². The highest BCUT2D eigenvalue weighted by atomic mass is 32.2. The number of nitrogens with zero attached hydrogens (tertiary/aromatic N) is 1. The van der Waals surface area contributed by atoms with Crippen LogP contribution in [0.1, 0.15) is 33.1 Å². The smallest absolute Gasteiger partial charge is 0.240 e. The van der Waals surface area contributed by atoms with Crippen molar-refractivity contribution >= 4 is 10.0 Å². The van der Waals surface area contributed by atoms with Crippen molar-refractivity contribution in [1.29, 1.82) is 0 Å². The SMILES string of the molecule is CC(C)CCN1CCCC(NS(=O)(=O)c2cccc(F)c2)C1. The summed E-state index contributed by atoms with van der Waals surface area (Å²) in [5.74, 6) is 0.106. The van der Waals surface area contributed by atoms with Gasteiger partial charge in [0, 0.05) is 12.6 Å². The zero-order chi connectivity index (χ0) is 16.2. The van der Waals surface area contributed by atoms with Gasteiger partial charge in [0.05, 0.1) is 4.90 Å². The highest BCUT2D eigenvalue weighted by Gasteiger charge is 2.25. The lowest BCUT2D eigenvalue weighted by molar-refractivity contribution is 0.193. The Bertz CT molecular complexity index is 590. The molecule has 1 atom stereocenters. The Morgan fingerprint density at radius 3 is 2.86 bits per heavy atom. The van der Waals surface area contributed by atoms with Crippen molar-refractivity contribution in [3.8, 4) is 0 Å². The van der Waals surface area contributed by atoms with Gasteiger partial charge in [0.2, 0.25) is 10.0 Å². The number of rotatable bonds is 6. The molecule has 1 unspecified atom stereocenters. The summed E-state index contributed by atoms with van der Waals surface area (Å²) in [7, 11) is -3.65. The quantitative estimate of drug-likeness (QED) is 0.873. The molecule has 1 aliphatic rings. The van der Waals surface area contributed by atoms with Crippen molar-refractivity contribution in [2.24, 2.45) is 5.92 Å². The van der Waals surface area contributed by atoms with E-state index in [1.165, 1.54) is 18.2 Å². The van der Waals surface area contributed by atoms with Crippen LogP contribution in [-0.4, -0.2) is 39.0 Å². The van der Waals surface area contributed by atoms with Crippen LogP contribution in [0.4, 0.5) is 4.39 Å². The number of likely N-dealkylation sites (tertiary alicyclic amines) is 1. The molecule has 1 aromatic rings. The van der Waals surface area contributed by atoms with E-state index in [4.69, 9.17) is 0 Å². The number of sulfonamides is 1. The minimum atomic E-state index is -3.65. The standard InChI is InChI=1S/C16H25FN2O2S/c1-13(2)8-10-19-9-4-6-15(12-19)18-22(20,21)16-7-3-5-14(17)11-16/h3,5,7,11,13,15,18H,4,6,8-10,12H2,1-2H3. The maximum Gasteiger partial charge on any atom is 0.240 e. The second kappa shape index (κ2) is 7.53. The van der Waals surface area contributed by atoms with Gasteiger partial charge in [-0.15, -0.1) is 0 Å². The van der Waals surface area contributed by atoms with Crippen LogP contribution in [-0.2, 0) is 10.0 Å². The highest BCUT2D eigenvalue weighted by Crippen LogP contribution is 2.16. The number of halogens is 1. The lowest BCUT2D eigenvalue weighted by Crippen LogP contribution is -2.47. The summed E-state index contributed by atoms with van der Waals surface area (Å²) < 4.78 is 40.6. The Morgan fingerprint density at radius 1 is 1.41 bits per heavy atom. The summed E-state index contributed by atoms with van der Waals surface area (Å²) in [5, 5.41) is 0. The van der Waals surface area contributed by atoms with Crippen molar-refractivity contribution in [3.05, 3.63) is 30.1 Å². The van der Waals surface area contributed by atoms with Gasteiger partial charge in [0.1, 0.15) is 5.82 Å². The summed E-state index contributed by atoms with van der Waals surface area (Å²) in [6, 6.07) is 5.04. The zero-order valence-electron chi connectivity index (χ0n) is 13.3. The first-order valence-corrected chi connectivity index (χ1v) is 9.35. The number of piperidine rings is 1. The van der Waals surface area contributed by atoms with Crippen molar-refractivity contribution in [3.63, 3.8) is 0 Å². The minimum Gasteiger partial charge on any atom is -0.302 e. The molecule has 0 aromatic heterocycles. The second-order valence-electron chi connectivity index (χ2n) is 6.40. The van der Waals surface area contributed by atoms with E-state index in [0.29, 0.717) is 5.92 Å². The average molecular weight is 328 g/mol. The molecule has 0 saturated carbocycles. The summed E-state index contributed by atoms with van der Waals surface area (Å²) in [5.41, 5.74) is 0. The highest BCUT2D eigenvalue weighted by molar-refractivity contribution is 7.89. The van der Waals surface area contributed by atoms with Gasteiger partial charge in [-0.1, -0.05) is 19.9 Å². The van der Waals surface area contributed by atoms with Crippen LogP contribution >= 0.6 is 0 Å². The third-order valence-electron chi connectivity index (χ3n) is 3.96. The predicted octanol–water partition coefficient (Wildman–Crippen LogP) is 2.61. The summed E-state index contributed by atoms with van der Waals surface area (Å²) in [6.45, 7) is 7.12. The number of benzene rings is 1. The van der Waals surface area contributed by atoms with E-state index in [9.17, 15) is 12.8 Å². The molecule has 0 radical (unpaired) electrons. The maximum atomic E-state index is 13.2. The normalized spacial score (nSPS) is 20.5. The summed E-state index contributed by atoms with van der Waals surface area (Å²) >= 11 is 0. The van der Waals surface area contributed by atoms with Gasteiger partial charge in [0.15, 0.2) is 0 Å². The van der Waals surface area contributed by atoms with Crippen LogP contribution in [0.15, 0.2) is 29.2 Å². The molecular formula is C16H25FN2O2S. The third-order valence-corrected chi connectivity index (χ3v) is 5.47. The van der Waals surface area contributed by atoms with Gasteiger partial charge >= 0.3 is 0 Å². The predicted molar refractivity (Wildman–Crippen MR) is 85.6 cm³/mol. The molecule has 1 aromatic carbocycles. The Balaban J connectivity index is 1.97. The maximum absolute atomic E-state index is 13.2. The number of nitrogens with one attached hydrogen (secondary N) is 1. The van der Waals surface area contributed by atoms with Gasteiger partial charge in [-0.05, 0) is 56.5 Å². The molecule has 1 aliphatic heterocycles. The van der Waals surface area contributed by atoms with Crippen LogP contribution in [0.2, 0.25) is 0 Å². The molecule has 0 spiro atoms. The Morgan fingerprint density at radius 2 is 2.18 bits per heavy atom. The lowest BCUT2D eigenvalue weighted by Gasteiger charge is -2.33. The van der Waals surface area contributed by atoms with E-state index >= 15 is 0 Å². The first kappa shape index (κ1) is 17.4. The molecule has 0 aliphatic carbocycles. The molecule has 1 fully saturated rings. The van der Waals surface area contributed by atoms with Crippen LogP contribution < -0.4 is 4.72 Å². The van der Waals surface area contributed by atoms with Crippen LogP contribution in [0, 0.1) is 11.7 Å². The van der Waals surface area contributed by atoms with Crippen LogP contribution in [0.3, 0.4) is 0 Å². The molecule has 1 heterocycles. The average Bonchev–Trinajstić information content (AvgIpc) is 2.45. The Labute approximate surface area is 132 Å². The fourth-order valence-corrected chi connectivity index (χ4v) is 4.01. The molecule has 124 valence electrons. The molecule has 2 rings (SSSR count). The number of hydrogen-bond donors (Lipinski definition) is 1. The van der Waals surface area contributed by atoms with E-state index in [1.54, 1.807) is 0 Å². The van der Waals surface area contributed by atoms with Gasteiger partial charge in [0.25, 0.3) is 0 Å². The lowest BCUT2D eigenvalue weighted by atomic mass is 10.0. The molecule has 4 nitrogen and oxygen atoms in total. The molecule has 22 heavy (non-hydrogen) atoms. The monoisotopic (exact) mass is 328 g/mol. The molecular weight excluding hydrogens is 303 g/mol. The molecule has 1 saturated heterocycles. The van der Waals surface area contributed by atoms with Gasteiger partial charge < -0.3 is 4.90 Å². The molecule has 6 heteroatoms. The van der Waals surface area contributed by atoms with E-state index < -0.39 is 15.8 Å². The fourth-order valence-electron chi connectivity index (χ4n) is 2.72. The molecule has 1 N–H and O–H groups in total. The van der Waals surface area contributed by atoms with E-state index in [1.807, 2.05) is 0 Å². The summed E-state index contributed by atoms with van der Waals surface area (Å²) in [4.78, 5) is 2.30. The third kappa shape index (κ3) is 5.04. The number of hydrogen-bond acceptors (Lipinski definition) is 3. The first-order chi connectivity index (χ1) is 10.4.